The first kappa shape index (κ1) is 19.4. The number of likely N-dealkylation sites (tertiary alicyclic amines) is 1. The molecule has 27 heavy (non-hydrogen) atoms. The highest BCUT2D eigenvalue weighted by molar-refractivity contribution is 5.94. The average molecular weight is 377 g/mol. The number of piperidine rings is 1. The van der Waals surface area contributed by atoms with Crippen molar-refractivity contribution in [1.82, 2.24) is 4.90 Å². The lowest BCUT2D eigenvalue weighted by Crippen LogP contribution is -2.43. The summed E-state index contributed by atoms with van der Waals surface area (Å²) in [6.07, 6.45) is -2.98. The number of benzene rings is 2. The molecule has 1 heterocycles. The second-order valence-corrected chi connectivity index (χ2v) is 6.89. The Labute approximate surface area is 156 Å². The van der Waals surface area contributed by atoms with E-state index in [1.54, 1.807) is 4.90 Å². The van der Waals surface area contributed by atoms with E-state index in [1.165, 1.54) is 17.7 Å². The molecule has 1 fully saturated rings. The highest BCUT2D eigenvalue weighted by atomic mass is 19.4. The number of rotatable bonds is 4. The van der Waals surface area contributed by atoms with Crippen molar-refractivity contribution in [2.24, 2.45) is 0 Å². The van der Waals surface area contributed by atoms with Crippen LogP contribution in [0.1, 0.15) is 39.9 Å². The topological polar surface area (TPSA) is 29.5 Å². The van der Waals surface area contributed by atoms with Crippen molar-refractivity contribution in [2.45, 2.75) is 38.7 Å². The maximum Gasteiger partial charge on any atom is 0.416 e. The summed E-state index contributed by atoms with van der Waals surface area (Å²) in [6, 6.07) is 12.6. The van der Waals surface area contributed by atoms with Crippen molar-refractivity contribution in [1.29, 1.82) is 0 Å². The number of hydrogen-bond donors (Lipinski definition) is 0. The standard InChI is InChI=1S/C21H22F3NO2/c1-15-7-9-16(10-8-15)14-27-19-6-3-11-25(13-19)20(26)17-4-2-5-18(12-17)21(22,23)24/h2,4-5,7-10,12,19H,3,6,11,13-14H2,1H3/t19-/m0/s1. The summed E-state index contributed by atoms with van der Waals surface area (Å²) < 4.78 is 44.6. The van der Waals surface area contributed by atoms with Gasteiger partial charge in [-0.3, -0.25) is 4.79 Å². The fraction of sp³-hybridized carbons (Fsp3) is 0.381. The lowest BCUT2D eigenvalue weighted by Gasteiger charge is -2.33. The van der Waals surface area contributed by atoms with Crippen molar-refractivity contribution < 1.29 is 22.7 Å². The van der Waals surface area contributed by atoms with Crippen LogP contribution < -0.4 is 0 Å². The molecule has 0 spiro atoms. The van der Waals surface area contributed by atoms with Gasteiger partial charge in [0.15, 0.2) is 0 Å². The highest BCUT2D eigenvalue weighted by Gasteiger charge is 2.32. The van der Waals surface area contributed by atoms with E-state index in [-0.39, 0.29) is 17.6 Å². The van der Waals surface area contributed by atoms with Crippen LogP contribution in [0, 0.1) is 6.92 Å². The number of nitrogens with zero attached hydrogens (tertiary/aromatic N) is 1. The van der Waals surface area contributed by atoms with Crippen LogP contribution in [0.15, 0.2) is 48.5 Å². The van der Waals surface area contributed by atoms with E-state index >= 15 is 0 Å². The van der Waals surface area contributed by atoms with Crippen molar-refractivity contribution in [3.05, 3.63) is 70.8 Å². The summed E-state index contributed by atoms with van der Waals surface area (Å²) in [5.74, 6) is -0.385. The molecule has 1 atom stereocenters. The zero-order valence-corrected chi connectivity index (χ0v) is 15.1. The summed E-state index contributed by atoms with van der Waals surface area (Å²) in [6.45, 7) is 3.39. The molecule has 1 aliphatic rings. The van der Waals surface area contributed by atoms with E-state index in [1.807, 2.05) is 31.2 Å². The molecule has 6 heteroatoms. The Kier molecular flexibility index (Phi) is 5.85. The van der Waals surface area contributed by atoms with Gasteiger partial charge >= 0.3 is 6.18 Å². The molecular weight excluding hydrogens is 355 g/mol. The summed E-state index contributed by atoms with van der Waals surface area (Å²) in [4.78, 5) is 14.2. The van der Waals surface area contributed by atoms with Crippen LogP contribution in [-0.4, -0.2) is 30.0 Å². The minimum atomic E-state index is -4.46. The molecule has 3 nitrogen and oxygen atoms in total. The molecule has 0 aliphatic carbocycles. The van der Waals surface area contributed by atoms with Gasteiger partial charge in [-0.05, 0) is 43.5 Å². The fourth-order valence-corrected chi connectivity index (χ4v) is 3.17. The van der Waals surface area contributed by atoms with Gasteiger partial charge in [0.05, 0.1) is 18.3 Å². The van der Waals surface area contributed by atoms with Gasteiger partial charge in [-0.2, -0.15) is 13.2 Å². The molecule has 1 amide bonds. The highest BCUT2D eigenvalue weighted by Crippen LogP contribution is 2.30. The third-order valence-electron chi connectivity index (χ3n) is 4.71. The summed E-state index contributed by atoms with van der Waals surface area (Å²) in [7, 11) is 0. The Hall–Kier alpha value is -2.34. The van der Waals surface area contributed by atoms with Crippen LogP contribution >= 0.6 is 0 Å². The van der Waals surface area contributed by atoms with E-state index in [4.69, 9.17) is 4.74 Å². The smallest absolute Gasteiger partial charge is 0.372 e. The summed E-state index contributed by atoms with van der Waals surface area (Å²) >= 11 is 0. The van der Waals surface area contributed by atoms with Gasteiger partial charge in [0, 0.05) is 18.7 Å². The molecule has 0 aromatic heterocycles. The minimum absolute atomic E-state index is 0.0593. The maximum absolute atomic E-state index is 12.9. The van der Waals surface area contributed by atoms with Gasteiger partial charge in [0.2, 0.25) is 0 Å². The van der Waals surface area contributed by atoms with Gasteiger partial charge in [-0.1, -0.05) is 35.9 Å². The van der Waals surface area contributed by atoms with E-state index in [0.29, 0.717) is 19.7 Å². The number of amides is 1. The molecule has 2 aromatic rings. The zero-order valence-electron chi connectivity index (χ0n) is 15.1. The summed E-state index contributed by atoms with van der Waals surface area (Å²) in [5.41, 5.74) is 1.48. The van der Waals surface area contributed by atoms with E-state index in [2.05, 4.69) is 0 Å². The number of carbonyl (C=O) groups is 1. The molecule has 144 valence electrons. The normalized spacial score (nSPS) is 17.8. The first-order chi connectivity index (χ1) is 12.8. The maximum atomic E-state index is 12.9. The minimum Gasteiger partial charge on any atom is -0.372 e. The van der Waals surface area contributed by atoms with Crippen LogP contribution in [0.2, 0.25) is 0 Å². The lowest BCUT2D eigenvalue weighted by molar-refractivity contribution is -0.137. The monoisotopic (exact) mass is 377 g/mol. The van der Waals surface area contributed by atoms with Gasteiger partial charge in [0.25, 0.3) is 5.91 Å². The van der Waals surface area contributed by atoms with Crippen LogP contribution in [0.3, 0.4) is 0 Å². The molecule has 0 radical (unpaired) electrons. The zero-order chi connectivity index (χ0) is 19.4. The molecule has 3 rings (SSSR count). The van der Waals surface area contributed by atoms with Gasteiger partial charge in [0.1, 0.15) is 0 Å². The van der Waals surface area contributed by atoms with E-state index < -0.39 is 11.7 Å². The largest absolute Gasteiger partial charge is 0.416 e. The number of alkyl halides is 3. The molecular formula is C21H22F3NO2. The van der Waals surface area contributed by atoms with Crippen LogP contribution in [0.25, 0.3) is 0 Å². The second kappa shape index (κ2) is 8.13. The molecule has 0 bridgehead atoms. The Morgan fingerprint density at radius 2 is 1.93 bits per heavy atom. The molecule has 1 saturated heterocycles. The average Bonchev–Trinajstić information content (AvgIpc) is 2.67. The Morgan fingerprint density at radius 1 is 1.19 bits per heavy atom. The fourth-order valence-electron chi connectivity index (χ4n) is 3.17. The van der Waals surface area contributed by atoms with Gasteiger partial charge in [-0.25, -0.2) is 0 Å². The van der Waals surface area contributed by atoms with Crippen molar-refractivity contribution in [3.8, 4) is 0 Å². The SMILES string of the molecule is Cc1ccc(CO[C@H]2CCCN(C(=O)c3cccc(C(F)(F)F)c3)C2)cc1. The first-order valence-electron chi connectivity index (χ1n) is 8.96. The molecule has 0 N–H and O–H groups in total. The predicted molar refractivity (Wildman–Crippen MR) is 96.3 cm³/mol. The summed E-state index contributed by atoms with van der Waals surface area (Å²) in [5, 5.41) is 0. The number of aryl methyl sites for hydroxylation is 1. The van der Waals surface area contributed by atoms with Crippen LogP contribution in [-0.2, 0) is 17.5 Å². The van der Waals surface area contributed by atoms with E-state index in [9.17, 15) is 18.0 Å². The third kappa shape index (κ3) is 5.10. The van der Waals surface area contributed by atoms with Crippen LogP contribution in [0.5, 0.6) is 0 Å². The predicted octanol–water partition coefficient (Wildman–Crippen LogP) is 4.84. The Morgan fingerprint density at radius 3 is 2.63 bits per heavy atom. The molecule has 2 aromatic carbocycles. The molecule has 0 unspecified atom stereocenters. The number of ether oxygens (including phenoxy) is 1. The van der Waals surface area contributed by atoms with Gasteiger partial charge < -0.3 is 9.64 Å². The van der Waals surface area contributed by atoms with Crippen molar-refractivity contribution in [3.63, 3.8) is 0 Å². The first-order valence-corrected chi connectivity index (χ1v) is 8.96. The second-order valence-electron chi connectivity index (χ2n) is 6.89. The quantitative estimate of drug-likeness (QED) is 0.763. The van der Waals surface area contributed by atoms with Crippen molar-refractivity contribution in [2.75, 3.05) is 13.1 Å². The number of halogens is 3. The van der Waals surface area contributed by atoms with Gasteiger partial charge in [-0.15, -0.1) is 0 Å². The number of carbonyl (C=O) groups excluding carboxylic acids is 1. The lowest BCUT2D eigenvalue weighted by atomic mass is 10.0. The molecule has 1 aliphatic heterocycles. The number of hydrogen-bond acceptors (Lipinski definition) is 2. The Bertz CT molecular complexity index is 787. The molecule has 0 saturated carbocycles. The van der Waals surface area contributed by atoms with Crippen molar-refractivity contribution >= 4 is 5.91 Å². The Balaban J connectivity index is 1.62. The van der Waals surface area contributed by atoms with E-state index in [0.717, 1.165) is 30.5 Å². The van der Waals surface area contributed by atoms with Crippen LogP contribution in [0.4, 0.5) is 13.2 Å². The third-order valence-corrected chi connectivity index (χ3v) is 4.71.